The van der Waals surface area contributed by atoms with Crippen molar-refractivity contribution in [1.29, 1.82) is 0 Å². The maximum absolute atomic E-state index is 5.64. The van der Waals surface area contributed by atoms with Crippen molar-refractivity contribution in [2.45, 2.75) is 44.4 Å². The van der Waals surface area contributed by atoms with Gasteiger partial charge in [0.15, 0.2) is 0 Å². The van der Waals surface area contributed by atoms with Crippen LogP contribution in [-0.2, 0) is 0 Å². The molecule has 0 spiro atoms. The van der Waals surface area contributed by atoms with Crippen LogP contribution < -0.4 is 5.73 Å². The summed E-state index contributed by atoms with van der Waals surface area (Å²) in [6, 6.07) is 0.567. The summed E-state index contributed by atoms with van der Waals surface area (Å²) in [7, 11) is 0. The van der Waals surface area contributed by atoms with Crippen LogP contribution in [0.4, 0.5) is 0 Å². The Morgan fingerprint density at radius 3 is 2.87 bits per heavy atom. The Balaban J connectivity index is 2.47. The molecule has 0 aromatic rings. The molecule has 0 amide bonds. The number of hydrogen-bond acceptors (Lipinski definition) is 3. The van der Waals surface area contributed by atoms with Crippen LogP contribution in [-0.4, -0.2) is 40.0 Å². The van der Waals surface area contributed by atoms with Gasteiger partial charge in [-0.25, -0.2) is 0 Å². The standard InChI is InChI=1S/C11H22N2S2/c1-3-9(7-11(12)14)13-5-6-15-10(4-2)8-13/h9-10H,3-8H2,1-2H3,(H2,12,14). The molecule has 1 aliphatic rings. The van der Waals surface area contributed by atoms with Crippen molar-refractivity contribution in [2.75, 3.05) is 18.8 Å². The van der Waals surface area contributed by atoms with Crippen molar-refractivity contribution in [2.24, 2.45) is 5.73 Å². The summed E-state index contributed by atoms with van der Waals surface area (Å²) in [5.41, 5.74) is 5.64. The molecule has 1 rings (SSSR count). The molecule has 1 saturated heterocycles. The lowest BCUT2D eigenvalue weighted by atomic mass is 10.1. The average molecular weight is 246 g/mol. The highest BCUT2D eigenvalue weighted by molar-refractivity contribution is 8.00. The van der Waals surface area contributed by atoms with Crippen LogP contribution in [0.5, 0.6) is 0 Å². The molecule has 0 radical (unpaired) electrons. The Hall–Kier alpha value is 0.200. The van der Waals surface area contributed by atoms with E-state index in [9.17, 15) is 0 Å². The monoisotopic (exact) mass is 246 g/mol. The molecule has 0 aliphatic carbocycles. The Morgan fingerprint density at radius 1 is 1.60 bits per heavy atom. The van der Waals surface area contributed by atoms with Crippen molar-refractivity contribution >= 4 is 29.0 Å². The molecule has 1 heterocycles. The van der Waals surface area contributed by atoms with E-state index in [0.29, 0.717) is 11.0 Å². The van der Waals surface area contributed by atoms with Gasteiger partial charge in [-0.05, 0) is 12.8 Å². The second-order valence-corrected chi connectivity index (χ2v) is 6.06. The normalized spacial score (nSPS) is 25.1. The van der Waals surface area contributed by atoms with E-state index >= 15 is 0 Å². The van der Waals surface area contributed by atoms with Gasteiger partial charge in [-0.1, -0.05) is 26.1 Å². The van der Waals surface area contributed by atoms with Gasteiger partial charge in [0.05, 0.1) is 4.99 Å². The first-order valence-electron chi connectivity index (χ1n) is 5.81. The van der Waals surface area contributed by atoms with Gasteiger partial charge in [0.1, 0.15) is 0 Å². The largest absolute Gasteiger partial charge is 0.393 e. The molecule has 4 heteroatoms. The van der Waals surface area contributed by atoms with E-state index in [1.54, 1.807) is 0 Å². The predicted octanol–water partition coefficient (Wildman–Crippen LogP) is 2.27. The van der Waals surface area contributed by atoms with Gasteiger partial charge < -0.3 is 5.73 Å². The Morgan fingerprint density at radius 2 is 2.33 bits per heavy atom. The van der Waals surface area contributed by atoms with Gasteiger partial charge in [0.2, 0.25) is 0 Å². The van der Waals surface area contributed by atoms with E-state index in [-0.39, 0.29) is 0 Å². The maximum Gasteiger partial charge on any atom is 0.0743 e. The molecule has 0 aromatic heterocycles. The molecule has 1 fully saturated rings. The van der Waals surface area contributed by atoms with Crippen molar-refractivity contribution in [1.82, 2.24) is 4.90 Å². The predicted molar refractivity (Wildman–Crippen MR) is 73.6 cm³/mol. The minimum Gasteiger partial charge on any atom is -0.393 e. The maximum atomic E-state index is 5.64. The zero-order valence-electron chi connectivity index (χ0n) is 9.74. The van der Waals surface area contributed by atoms with Crippen molar-refractivity contribution in [3.8, 4) is 0 Å². The van der Waals surface area contributed by atoms with Gasteiger partial charge in [0, 0.05) is 36.6 Å². The fourth-order valence-corrected chi connectivity index (χ4v) is 3.48. The zero-order chi connectivity index (χ0) is 11.3. The molecule has 2 unspecified atom stereocenters. The van der Waals surface area contributed by atoms with Crippen LogP contribution in [0.1, 0.15) is 33.1 Å². The van der Waals surface area contributed by atoms with Gasteiger partial charge in [-0.2, -0.15) is 11.8 Å². The number of thiocarbonyl (C=S) groups is 1. The van der Waals surface area contributed by atoms with Crippen LogP contribution in [0, 0.1) is 0 Å². The van der Waals surface area contributed by atoms with E-state index in [0.717, 1.165) is 18.1 Å². The Kier molecular flexibility index (Phi) is 5.94. The van der Waals surface area contributed by atoms with E-state index in [2.05, 4.69) is 30.5 Å². The van der Waals surface area contributed by atoms with Crippen LogP contribution in [0.2, 0.25) is 0 Å². The lowest BCUT2D eigenvalue weighted by Crippen LogP contribution is -2.45. The summed E-state index contributed by atoms with van der Waals surface area (Å²) < 4.78 is 0. The van der Waals surface area contributed by atoms with E-state index in [4.69, 9.17) is 18.0 Å². The third-order valence-electron chi connectivity index (χ3n) is 3.05. The van der Waals surface area contributed by atoms with Crippen LogP contribution >= 0.6 is 24.0 Å². The summed E-state index contributed by atoms with van der Waals surface area (Å²) in [5.74, 6) is 1.26. The first-order chi connectivity index (χ1) is 7.17. The molecule has 2 nitrogen and oxygen atoms in total. The average Bonchev–Trinajstić information content (AvgIpc) is 2.25. The Labute approximate surface area is 103 Å². The molecule has 1 aliphatic heterocycles. The number of rotatable bonds is 5. The smallest absolute Gasteiger partial charge is 0.0743 e. The third kappa shape index (κ3) is 4.29. The van der Waals surface area contributed by atoms with Crippen LogP contribution in [0.3, 0.4) is 0 Å². The molecule has 0 saturated carbocycles. The molecule has 0 bridgehead atoms. The molecule has 88 valence electrons. The molecular formula is C11H22N2S2. The minimum absolute atomic E-state index is 0.567. The molecule has 15 heavy (non-hydrogen) atoms. The minimum atomic E-state index is 0.567. The van der Waals surface area contributed by atoms with Crippen LogP contribution in [0.25, 0.3) is 0 Å². The second-order valence-electron chi connectivity index (χ2n) is 4.13. The van der Waals surface area contributed by atoms with Crippen molar-refractivity contribution in [3.63, 3.8) is 0 Å². The first-order valence-corrected chi connectivity index (χ1v) is 7.27. The zero-order valence-corrected chi connectivity index (χ0v) is 11.4. The molecule has 2 atom stereocenters. The van der Waals surface area contributed by atoms with Gasteiger partial charge in [-0.3, -0.25) is 4.90 Å². The lowest BCUT2D eigenvalue weighted by molar-refractivity contribution is 0.201. The third-order valence-corrected chi connectivity index (χ3v) is 4.59. The number of thioether (sulfide) groups is 1. The fourth-order valence-electron chi connectivity index (χ4n) is 2.08. The highest BCUT2D eigenvalue weighted by Crippen LogP contribution is 2.24. The van der Waals surface area contributed by atoms with E-state index in [1.165, 1.54) is 25.3 Å². The fraction of sp³-hybridized carbons (Fsp3) is 0.909. The summed E-state index contributed by atoms with van der Waals surface area (Å²) in [6.45, 7) is 6.91. The quantitative estimate of drug-likeness (QED) is 0.754. The van der Waals surface area contributed by atoms with E-state index in [1.807, 2.05) is 0 Å². The summed E-state index contributed by atoms with van der Waals surface area (Å²) in [4.78, 5) is 3.23. The van der Waals surface area contributed by atoms with E-state index < -0.39 is 0 Å². The van der Waals surface area contributed by atoms with Crippen LogP contribution in [0.15, 0.2) is 0 Å². The second kappa shape index (κ2) is 6.71. The van der Waals surface area contributed by atoms with Gasteiger partial charge in [-0.15, -0.1) is 0 Å². The number of nitrogens with two attached hydrogens (primary N) is 1. The SMILES string of the molecule is CCC1CN(C(CC)CC(N)=S)CCS1. The van der Waals surface area contributed by atoms with Crippen molar-refractivity contribution in [3.05, 3.63) is 0 Å². The number of hydrogen-bond donors (Lipinski definition) is 1. The highest BCUT2D eigenvalue weighted by atomic mass is 32.2. The number of nitrogens with zero attached hydrogens (tertiary/aromatic N) is 1. The van der Waals surface area contributed by atoms with Gasteiger partial charge >= 0.3 is 0 Å². The van der Waals surface area contributed by atoms with Crippen molar-refractivity contribution < 1.29 is 0 Å². The summed E-state index contributed by atoms with van der Waals surface area (Å²) >= 11 is 7.12. The van der Waals surface area contributed by atoms with Gasteiger partial charge in [0.25, 0.3) is 0 Å². The Bertz CT molecular complexity index is 209. The molecule has 2 N–H and O–H groups in total. The molecular weight excluding hydrogens is 224 g/mol. The topological polar surface area (TPSA) is 29.3 Å². The summed E-state index contributed by atoms with van der Waals surface area (Å²) in [6.07, 6.45) is 3.30. The first kappa shape index (κ1) is 13.3. The highest BCUT2D eigenvalue weighted by Gasteiger charge is 2.24. The molecule has 0 aromatic carbocycles. The summed E-state index contributed by atoms with van der Waals surface area (Å²) in [5, 5.41) is 0.805. The lowest BCUT2D eigenvalue weighted by Gasteiger charge is -2.37.